The highest BCUT2D eigenvalue weighted by atomic mass is 16.6. The zero-order chi connectivity index (χ0) is 27.1. The molecule has 190 valence electrons. The van der Waals surface area contributed by atoms with E-state index in [1.165, 1.54) is 12.1 Å². The molecule has 2 amide bonds. The summed E-state index contributed by atoms with van der Waals surface area (Å²) >= 11 is 0. The second kappa shape index (κ2) is 11.5. The zero-order valence-electron chi connectivity index (χ0n) is 19.9. The van der Waals surface area contributed by atoms with E-state index in [0.29, 0.717) is 11.3 Å². The quantitative estimate of drug-likeness (QED) is 0.227. The maximum atomic E-state index is 13.0. The minimum atomic E-state index is -1.20. The predicted molar refractivity (Wildman–Crippen MR) is 134 cm³/mol. The van der Waals surface area contributed by atoms with E-state index >= 15 is 0 Å². The molecule has 0 aromatic heterocycles. The van der Waals surface area contributed by atoms with Crippen LogP contribution in [0.5, 0.6) is 5.75 Å². The Labute approximate surface area is 210 Å². The number of amides is 2. The fourth-order valence-electron chi connectivity index (χ4n) is 3.33. The molecule has 0 spiro atoms. The van der Waals surface area contributed by atoms with Crippen LogP contribution in [-0.2, 0) is 11.2 Å². The third-order valence-corrected chi connectivity index (χ3v) is 5.39. The Balaban J connectivity index is 1.87. The van der Waals surface area contributed by atoms with E-state index in [1.54, 1.807) is 19.1 Å². The molecule has 0 bridgehead atoms. The van der Waals surface area contributed by atoms with Crippen molar-refractivity contribution in [3.05, 3.63) is 109 Å². The third-order valence-electron chi connectivity index (χ3n) is 5.39. The summed E-state index contributed by atoms with van der Waals surface area (Å²) in [5.41, 5.74) is 3.69. The van der Waals surface area contributed by atoms with Gasteiger partial charge >= 0.3 is 0 Å². The summed E-state index contributed by atoms with van der Waals surface area (Å²) in [5.74, 6) is -1.60. The number of benzene rings is 3. The molecule has 3 aromatic carbocycles. The lowest BCUT2D eigenvalue weighted by Gasteiger charge is -2.18. The van der Waals surface area contributed by atoms with Gasteiger partial charge in [0.15, 0.2) is 0 Å². The molecule has 12 nitrogen and oxygen atoms in total. The summed E-state index contributed by atoms with van der Waals surface area (Å²) in [4.78, 5) is 46.6. The van der Waals surface area contributed by atoms with Gasteiger partial charge in [0.2, 0.25) is 0 Å². The number of nitro groups is 2. The van der Waals surface area contributed by atoms with E-state index in [-0.39, 0.29) is 17.7 Å². The lowest BCUT2D eigenvalue weighted by atomic mass is 10.0. The standard InChI is InChI=1S/C25H23N5O7/c1-15-3-7-18(8-4-15)16(2)27-28-25(33)23(11-17-5-9-22(31)10-6-17)26-24(32)19-12-20(29(34)35)14-21(13-19)30(36)37/h3-10,12-14,23,31H,11H2,1-2H3,(H,26,32)(H,28,33). The normalized spacial score (nSPS) is 11.9. The number of non-ortho nitro benzene ring substituents is 2. The molecule has 37 heavy (non-hydrogen) atoms. The SMILES string of the molecule is CC(=NNC(=O)C(Cc1ccc(O)cc1)NC(=O)c1cc([N+](=O)[O-])cc([N+](=O)[O-])c1)c1ccc(C)cc1. The van der Waals surface area contributed by atoms with E-state index in [0.717, 1.165) is 29.3 Å². The molecule has 1 atom stereocenters. The van der Waals surface area contributed by atoms with Crippen molar-refractivity contribution >= 4 is 28.9 Å². The molecule has 0 saturated carbocycles. The molecule has 0 fully saturated rings. The minimum Gasteiger partial charge on any atom is -0.508 e. The van der Waals surface area contributed by atoms with E-state index in [1.807, 2.05) is 31.2 Å². The summed E-state index contributed by atoms with van der Waals surface area (Å²) in [6.07, 6.45) is -0.0199. The number of nitrogens with zero attached hydrogens (tertiary/aromatic N) is 3. The van der Waals surface area contributed by atoms with Gasteiger partial charge in [0.25, 0.3) is 23.2 Å². The number of hydrogen-bond donors (Lipinski definition) is 3. The number of hydrazone groups is 1. The van der Waals surface area contributed by atoms with Gasteiger partial charge < -0.3 is 10.4 Å². The van der Waals surface area contributed by atoms with Gasteiger partial charge in [0, 0.05) is 18.6 Å². The summed E-state index contributed by atoms with van der Waals surface area (Å²) in [5, 5.41) is 38.5. The van der Waals surface area contributed by atoms with E-state index < -0.39 is 39.1 Å². The molecule has 1 unspecified atom stereocenters. The highest BCUT2D eigenvalue weighted by Gasteiger charge is 2.25. The first-order chi connectivity index (χ1) is 17.5. The Hall–Kier alpha value is -5.13. The van der Waals surface area contributed by atoms with Crippen molar-refractivity contribution in [1.82, 2.24) is 10.7 Å². The van der Waals surface area contributed by atoms with Crippen molar-refractivity contribution in [2.75, 3.05) is 0 Å². The highest BCUT2D eigenvalue weighted by molar-refractivity contribution is 6.01. The van der Waals surface area contributed by atoms with Gasteiger partial charge in [-0.25, -0.2) is 5.43 Å². The van der Waals surface area contributed by atoms with Crippen LogP contribution in [-0.4, -0.2) is 38.5 Å². The number of nitrogens with one attached hydrogen (secondary N) is 2. The summed E-state index contributed by atoms with van der Waals surface area (Å²) < 4.78 is 0. The summed E-state index contributed by atoms with van der Waals surface area (Å²) in [6.45, 7) is 3.63. The van der Waals surface area contributed by atoms with Crippen molar-refractivity contribution in [2.24, 2.45) is 5.10 Å². The van der Waals surface area contributed by atoms with E-state index in [9.17, 15) is 34.9 Å². The van der Waals surface area contributed by atoms with Crippen LogP contribution in [0.2, 0.25) is 0 Å². The Bertz CT molecular complexity index is 1340. The van der Waals surface area contributed by atoms with Crippen molar-refractivity contribution in [1.29, 1.82) is 0 Å². The molecule has 0 aliphatic rings. The Morgan fingerprint density at radius 1 is 0.919 bits per heavy atom. The zero-order valence-corrected chi connectivity index (χ0v) is 19.9. The summed E-state index contributed by atoms with van der Waals surface area (Å²) in [6, 6.07) is 14.7. The van der Waals surface area contributed by atoms with Gasteiger partial charge in [0.1, 0.15) is 11.8 Å². The Kier molecular flexibility index (Phi) is 8.25. The lowest BCUT2D eigenvalue weighted by Crippen LogP contribution is -2.47. The Morgan fingerprint density at radius 3 is 2.03 bits per heavy atom. The number of nitro benzene ring substituents is 2. The fourth-order valence-corrected chi connectivity index (χ4v) is 3.33. The first-order valence-corrected chi connectivity index (χ1v) is 11.0. The van der Waals surface area contributed by atoms with Gasteiger partial charge in [-0.05, 0) is 37.1 Å². The van der Waals surface area contributed by atoms with Gasteiger partial charge in [-0.3, -0.25) is 29.8 Å². The molecular weight excluding hydrogens is 482 g/mol. The van der Waals surface area contributed by atoms with Gasteiger partial charge in [-0.15, -0.1) is 0 Å². The first-order valence-electron chi connectivity index (χ1n) is 11.0. The number of hydrogen-bond acceptors (Lipinski definition) is 8. The number of aryl methyl sites for hydroxylation is 1. The molecule has 0 radical (unpaired) electrons. The van der Waals surface area contributed by atoms with Crippen molar-refractivity contribution in [3.63, 3.8) is 0 Å². The van der Waals surface area contributed by atoms with Crippen LogP contribution in [0.15, 0.2) is 71.8 Å². The average molecular weight is 505 g/mol. The second-order valence-corrected chi connectivity index (χ2v) is 8.19. The van der Waals surface area contributed by atoms with Crippen LogP contribution in [0, 0.1) is 27.2 Å². The van der Waals surface area contributed by atoms with Gasteiger partial charge in [-0.2, -0.15) is 5.10 Å². The topological polar surface area (TPSA) is 177 Å². The van der Waals surface area contributed by atoms with Gasteiger partial charge in [-0.1, -0.05) is 42.0 Å². The average Bonchev–Trinajstić information content (AvgIpc) is 2.87. The molecule has 0 aliphatic heterocycles. The number of aromatic hydroxyl groups is 1. The van der Waals surface area contributed by atoms with Crippen molar-refractivity contribution in [3.8, 4) is 5.75 Å². The smallest absolute Gasteiger partial charge is 0.277 e. The molecule has 3 aromatic rings. The first kappa shape index (κ1) is 26.5. The van der Waals surface area contributed by atoms with Crippen LogP contribution in [0.1, 0.15) is 34.0 Å². The highest BCUT2D eigenvalue weighted by Crippen LogP contribution is 2.23. The van der Waals surface area contributed by atoms with E-state index in [4.69, 9.17) is 0 Å². The molecule has 3 N–H and O–H groups in total. The van der Waals surface area contributed by atoms with Crippen LogP contribution in [0.25, 0.3) is 0 Å². The third kappa shape index (κ3) is 7.18. The maximum Gasteiger partial charge on any atom is 0.277 e. The maximum absolute atomic E-state index is 13.0. The number of rotatable bonds is 9. The molecule has 0 aliphatic carbocycles. The number of carbonyl (C=O) groups is 2. The molecule has 12 heteroatoms. The van der Waals surface area contributed by atoms with Crippen LogP contribution < -0.4 is 10.7 Å². The number of carbonyl (C=O) groups excluding carboxylic acids is 2. The predicted octanol–water partition coefficient (Wildman–Crippen LogP) is 3.40. The van der Waals surface area contributed by atoms with Crippen LogP contribution in [0.4, 0.5) is 11.4 Å². The Morgan fingerprint density at radius 2 is 1.49 bits per heavy atom. The van der Waals surface area contributed by atoms with Crippen molar-refractivity contribution in [2.45, 2.75) is 26.3 Å². The monoisotopic (exact) mass is 505 g/mol. The van der Waals surface area contributed by atoms with Crippen LogP contribution in [0.3, 0.4) is 0 Å². The molecule has 3 rings (SSSR count). The minimum absolute atomic E-state index is 0.0102. The lowest BCUT2D eigenvalue weighted by molar-refractivity contribution is -0.394. The molecule has 0 heterocycles. The number of phenols is 1. The second-order valence-electron chi connectivity index (χ2n) is 8.19. The fraction of sp³-hybridized carbons (Fsp3) is 0.160. The van der Waals surface area contributed by atoms with E-state index in [2.05, 4.69) is 15.8 Å². The van der Waals surface area contributed by atoms with Gasteiger partial charge in [0.05, 0.1) is 27.2 Å². The molecular formula is C25H23N5O7. The summed E-state index contributed by atoms with van der Waals surface area (Å²) in [7, 11) is 0. The largest absolute Gasteiger partial charge is 0.508 e. The molecule has 0 saturated heterocycles. The number of phenolic OH excluding ortho intramolecular Hbond substituents is 1. The van der Waals surface area contributed by atoms with Crippen LogP contribution >= 0.6 is 0 Å². The van der Waals surface area contributed by atoms with Crippen molar-refractivity contribution < 1.29 is 24.5 Å².